The lowest BCUT2D eigenvalue weighted by Gasteiger charge is -2.16. The predicted octanol–water partition coefficient (Wildman–Crippen LogP) is 1.38. The fourth-order valence-electron chi connectivity index (χ4n) is 2.77. The number of hydrogen-bond donors (Lipinski definition) is 2. The van der Waals surface area contributed by atoms with Crippen molar-refractivity contribution in [1.82, 2.24) is 19.9 Å². The molecule has 1 unspecified atom stereocenters. The first-order valence-corrected chi connectivity index (χ1v) is 8.01. The van der Waals surface area contributed by atoms with Gasteiger partial charge in [-0.2, -0.15) is 0 Å². The lowest BCUT2D eigenvalue weighted by atomic mass is 10.1. The molecule has 3 aliphatic heterocycles. The minimum atomic E-state index is -1.07. The van der Waals surface area contributed by atoms with E-state index >= 15 is 0 Å². The van der Waals surface area contributed by atoms with E-state index < -0.39 is 18.6 Å². The second-order valence-electron chi connectivity index (χ2n) is 5.22. The van der Waals surface area contributed by atoms with E-state index in [1.807, 2.05) is 24.3 Å². The summed E-state index contributed by atoms with van der Waals surface area (Å²) < 4.78 is 1.80. The number of nitrogens with one attached hydrogen (secondary N) is 1. The second kappa shape index (κ2) is 5.24. The molecule has 4 rings (SSSR count). The topological polar surface area (TPSA) is 97.1 Å². The second-order valence-corrected chi connectivity index (χ2v) is 6.20. The molecule has 0 saturated carbocycles. The standard InChI is InChI=1S/C15H12N4O3S/c20-12(21)6-16-14(22)11-7-23-15-17-5-9-8-3-1-2-4-10(8)18-13(9)19(11)15/h1-5,11H,6-7H2,(H,16,22)(H,20,21). The molecule has 0 saturated heterocycles. The largest absolute Gasteiger partial charge is 0.480 e. The van der Waals surface area contributed by atoms with Crippen LogP contribution in [-0.4, -0.2) is 43.8 Å². The van der Waals surface area contributed by atoms with Crippen LogP contribution in [0.5, 0.6) is 0 Å². The molecule has 1 amide bonds. The van der Waals surface area contributed by atoms with E-state index in [-0.39, 0.29) is 5.91 Å². The number of amides is 1. The van der Waals surface area contributed by atoms with Gasteiger partial charge in [0.05, 0.1) is 5.52 Å². The van der Waals surface area contributed by atoms with Crippen molar-refractivity contribution in [2.75, 3.05) is 12.3 Å². The zero-order chi connectivity index (χ0) is 16.0. The summed E-state index contributed by atoms with van der Waals surface area (Å²) in [5, 5.41) is 12.9. The number of fused-ring (bicyclic) bond motifs is 5. The third kappa shape index (κ3) is 2.22. The molecule has 0 fully saturated rings. The van der Waals surface area contributed by atoms with Gasteiger partial charge < -0.3 is 10.4 Å². The van der Waals surface area contributed by atoms with Gasteiger partial charge in [0.1, 0.15) is 18.4 Å². The molecule has 1 aromatic rings. The van der Waals surface area contributed by atoms with Crippen LogP contribution in [0, 0.1) is 0 Å². The van der Waals surface area contributed by atoms with Gasteiger partial charge in [0.15, 0.2) is 5.16 Å². The summed E-state index contributed by atoms with van der Waals surface area (Å²) in [7, 11) is 0. The molecule has 116 valence electrons. The van der Waals surface area contributed by atoms with Crippen molar-refractivity contribution in [3.05, 3.63) is 30.5 Å². The fraction of sp³-hybridized carbons (Fsp3) is 0.200. The Morgan fingerprint density at radius 3 is 3.04 bits per heavy atom. The van der Waals surface area contributed by atoms with Crippen molar-refractivity contribution in [3.63, 3.8) is 0 Å². The number of carbonyl (C=O) groups excluding carboxylic acids is 1. The van der Waals surface area contributed by atoms with Gasteiger partial charge >= 0.3 is 5.97 Å². The normalized spacial score (nSPS) is 16.6. The Labute approximate surface area is 135 Å². The fourth-order valence-corrected chi connectivity index (χ4v) is 3.85. The molecule has 0 radical (unpaired) electrons. The van der Waals surface area contributed by atoms with E-state index in [9.17, 15) is 9.59 Å². The lowest BCUT2D eigenvalue weighted by molar-refractivity contribution is -0.138. The first-order chi connectivity index (χ1) is 11.1. The van der Waals surface area contributed by atoms with Gasteiger partial charge in [-0.1, -0.05) is 30.0 Å². The number of thioether (sulfide) groups is 1. The van der Waals surface area contributed by atoms with E-state index in [0.29, 0.717) is 11.6 Å². The van der Waals surface area contributed by atoms with Crippen LogP contribution in [0.15, 0.2) is 35.6 Å². The number of aromatic nitrogens is 3. The molecule has 0 aromatic heterocycles. The summed E-state index contributed by atoms with van der Waals surface area (Å²) >= 11 is 1.47. The highest BCUT2D eigenvalue weighted by Gasteiger charge is 2.33. The number of carboxylic acids is 1. The summed E-state index contributed by atoms with van der Waals surface area (Å²) in [5.74, 6) is -0.176. The summed E-state index contributed by atoms with van der Waals surface area (Å²) in [6.07, 6.45) is 1.78. The quantitative estimate of drug-likeness (QED) is 0.705. The molecule has 1 aromatic carbocycles. The molecule has 1 atom stereocenters. The van der Waals surface area contributed by atoms with Crippen LogP contribution in [0.25, 0.3) is 22.3 Å². The van der Waals surface area contributed by atoms with Gasteiger partial charge in [-0.3, -0.25) is 14.2 Å². The van der Waals surface area contributed by atoms with Crippen molar-refractivity contribution in [3.8, 4) is 11.4 Å². The van der Waals surface area contributed by atoms with Crippen LogP contribution in [0.3, 0.4) is 0 Å². The summed E-state index contributed by atoms with van der Waals surface area (Å²) in [5.41, 5.74) is 1.75. The van der Waals surface area contributed by atoms with Crippen molar-refractivity contribution in [2.24, 2.45) is 0 Å². The van der Waals surface area contributed by atoms with Crippen molar-refractivity contribution in [2.45, 2.75) is 11.2 Å². The number of carboxylic acid groups (broad SMARTS) is 1. The number of hydrogen-bond acceptors (Lipinski definition) is 5. The van der Waals surface area contributed by atoms with Gasteiger partial charge in [-0.15, -0.1) is 0 Å². The number of carbonyl (C=O) groups is 2. The maximum Gasteiger partial charge on any atom is 0.322 e. The van der Waals surface area contributed by atoms with Crippen molar-refractivity contribution in [1.29, 1.82) is 0 Å². The molecule has 0 aliphatic carbocycles. The van der Waals surface area contributed by atoms with Gasteiger partial charge in [-0.25, -0.2) is 9.97 Å². The highest BCUT2D eigenvalue weighted by Crippen LogP contribution is 2.40. The third-order valence-corrected chi connectivity index (χ3v) is 4.84. The van der Waals surface area contributed by atoms with E-state index in [1.54, 1.807) is 10.8 Å². The van der Waals surface area contributed by atoms with E-state index in [0.717, 1.165) is 21.6 Å². The maximum atomic E-state index is 12.3. The van der Waals surface area contributed by atoms with Crippen molar-refractivity contribution >= 4 is 34.5 Å². The minimum Gasteiger partial charge on any atom is -0.480 e. The molecule has 0 bridgehead atoms. The third-order valence-electron chi connectivity index (χ3n) is 3.80. The van der Waals surface area contributed by atoms with Gasteiger partial charge in [0, 0.05) is 22.9 Å². The van der Waals surface area contributed by atoms with Crippen LogP contribution in [0.2, 0.25) is 0 Å². The predicted molar refractivity (Wildman–Crippen MR) is 84.6 cm³/mol. The number of aliphatic carboxylic acids is 1. The smallest absolute Gasteiger partial charge is 0.322 e. The average Bonchev–Trinajstić information content (AvgIpc) is 3.13. The SMILES string of the molecule is O=C(O)CNC(=O)C1CSc2ncc3c4ccccc4nc-3n21. The molecular formula is C15H12N4O3S. The van der Waals surface area contributed by atoms with Crippen LogP contribution in [0.4, 0.5) is 0 Å². The lowest BCUT2D eigenvalue weighted by Crippen LogP contribution is -2.36. The molecule has 7 nitrogen and oxygen atoms in total. The molecule has 3 aliphatic rings. The summed E-state index contributed by atoms with van der Waals surface area (Å²) in [4.78, 5) is 32.0. The Kier molecular flexibility index (Phi) is 3.19. The van der Waals surface area contributed by atoms with Crippen LogP contribution in [-0.2, 0) is 9.59 Å². The van der Waals surface area contributed by atoms with Crippen LogP contribution < -0.4 is 5.32 Å². The molecule has 2 N–H and O–H groups in total. The average molecular weight is 328 g/mol. The number of para-hydroxylation sites is 1. The Hall–Kier alpha value is -2.61. The van der Waals surface area contributed by atoms with Gasteiger partial charge in [-0.05, 0) is 6.07 Å². The Morgan fingerprint density at radius 2 is 2.22 bits per heavy atom. The van der Waals surface area contributed by atoms with Crippen LogP contribution >= 0.6 is 11.8 Å². The van der Waals surface area contributed by atoms with Crippen molar-refractivity contribution < 1.29 is 14.7 Å². The zero-order valence-corrected chi connectivity index (χ0v) is 12.7. The Bertz CT molecular complexity index is 907. The monoisotopic (exact) mass is 328 g/mol. The Balaban J connectivity index is 1.79. The number of nitrogens with zero attached hydrogens (tertiary/aromatic N) is 3. The van der Waals surface area contributed by atoms with Crippen LogP contribution in [0.1, 0.15) is 6.04 Å². The molecule has 23 heavy (non-hydrogen) atoms. The van der Waals surface area contributed by atoms with E-state index in [4.69, 9.17) is 5.11 Å². The zero-order valence-electron chi connectivity index (χ0n) is 11.9. The highest BCUT2D eigenvalue weighted by molar-refractivity contribution is 7.99. The molecular weight excluding hydrogens is 316 g/mol. The Morgan fingerprint density at radius 1 is 1.39 bits per heavy atom. The first kappa shape index (κ1) is 14.0. The van der Waals surface area contributed by atoms with E-state index in [1.165, 1.54) is 11.8 Å². The van der Waals surface area contributed by atoms with Gasteiger partial charge in [0.2, 0.25) is 5.91 Å². The number of benzene rings is 1. The first-order valence-electron chi connectivity index (χ1n) is 7.03. The molecule has 8 heteroatoms. The maximum absolute atomic E-state index is 12.3. The summed E-state index contributed by atoms with van der Waals surface area (Å²) in [6.45, 7) is -0.393. The number of rotatable bonds is 3. The minimum absolute atomic E-state index is 0.329. The highest BCUT2D eigenvalue weighted by atomic mass is 32.2. The summed E-state index contributed by atoms with van der Waals surface area (Å²) in [6, 6.07) is 7.24. The molecule has 0 spiro atoms. The molecule has 3 heterocycles. The van der Waals surface area contributed by atoms with Gasteiger partial charge in [0.25, 0.3) is 0 Å². The van der Waals surface area contributed by atoms with E-state index in [2.05, 4.69) is 15.3 Å².